The van der Waals surface area contributed by atoms with Gasteiger partial charge in [-0.3, -0.25) is 14.9 Å². The number of hydrogen-bond acceptors (Lipinski definition) is 3. The first-order valence-electron chi connectivity index (χ1n) is 6.65. The Labute approximate surface area is 113 Å². The van der Waals surface area contributed by atoms with Crippen LogP contribution in [0.1, 0.15) is 38.2 Å². The van der Waals surface area contributed by atoms with Gasteiger partial charge in [-0.25, -0.2) is 0 Å². The highest BCUT2D eigenvalue weighted by Gasteiger charge is 2.29. The van der Waals surface area contributed by atoms with Crippen molar-refractivity contribution in [1.82, 2.24) is 5.32 Å². The molecule has 0 radical (unpaired) electrons. The molecule has 102 valence electrons. The molecule has 1 heterocycles. The van der Waals surface area contributed by atoms with E-state index >= 15 is 0 Å². The van der Waals surface area contributed by atoms with Crippen LogP contribution in [0, 0.1) is 0 Å². The fourth-order valence-corrected chi connectivity index (χ4v) is 2.33. The van der Waals surface area contributed by atoms with Crippen LogP contribution in [0.25, 0.3) is 0 Å². The number of carbonyl (C=O) groups is 2. The monoisotopic (exact) mass is 260 g/mol. The number of likely N-dealkylation sites (N-methyl/N-ethyl adjacent to an activating group) is 1. The summed E-state index contributed by atoms with van der Waals surface area (Å²) in [5, 5.41) is 2.40. The predicted octanol–water partition coefficient (Wildman–Crippen LogP) is 2.05. The Hall–Kier alpha value is -1.84. The van der Waals surface area contributed by atoms with Crippen molar-refractivity contribution in [1.29, 1.82) is 0 Å². The molecule has 1 fully saturated rings. The van der Waals surface area contributed by atoms with E-state index in [0.717, 1.165) is 5.69 Å². The molecule has 2 amide bonds. The first-order chi connectivity index (χ1) is 8.99. The van der Waals surface area contributed by atoms with Gasteiger partial charge in [0, 0.05) is 19.2 Å². The van der Waals surface area contributed by atoms with Gasteiger partial charge < -0.3 is 4.90 Å². The lowest BCUT2D eigenvalue weighted by atomic mass is 10.0. The molecule has 2 rings (SSSR count). The van der Waals surface area contributed by atoms with Gasteiger partial charge in [0.15, 0.2) is 0 Å². The highest BCUT2D eigenvalue weighted by atomic mass is 16.2. The lowest BCUT2D eigenvalue weighted by molar-refractivity contribution is -0.134. The van der Waals surface area contributed by atoms with Gasteiger partial charge in [0.2, 0.25) is 11.8 Å². The van der Waals surface area contributed by atoms with Crippen molar-refractivity contribution < 1.29 is 9.59 Å². The first-order valence-corrected chi connectivity index (χ1v) is 6.65. The second-order valence-corrected chi connectivity index (χ2v) is 5.33. The standard InChI is InChI=1S/C15H20N2O2/c1-10(2)11-5-4-6-12(9-11)17(3)13-7-8-14(18)16-15(13)19/h4-6,9-10,13H,7-8H2,1-3H3,(H,16,18,19). The number of carbonyl (C=O) groups excluding carboxylic acids is 2. The van der Waals surface area contributed by atoms with Crippen molar-refractivity contribution >= 4 is 17.5 Å². The van der Waals surface area contributed by atoms with Crippen molar-refractivity contribution in [2.45, 2.75) is 38.6 Å². The highest BCUT2D eigenvalue weighted by Crippen LogP contribution is 2.24. The second-order valence-electron chi connectivity index (χ2n) is 5.33. The van der Waals surface area contributed by atoms with E-state index in [1.165, 1.54) is 5.56 Å². The SMILES string of the molecule is CC(C)c1cccc(N(C)C2CCC(=O)NC2=O)c1. The zero-order valence-corrected chi connectivity index (χ0v) is 11.6. The number of benzene rings is 1. The minimum Gasteiger partial charge on any atom is -0.363 e. The maximum Gasteiger partial charge on any atom is 0.249 e. The third-order valence-corrected chi connectivity index (χ3v) is 3.62. The van der Waals surface area contributed by atoms with Crippen LogP contribution in [-0.2, 0) is 9.59 Å². The van der Waals surface area contributed by atoms with Crippen LogP contribution in [-0.4, -0.2) is 24.9 Å². The summed E-state index contributed by atoms with van der Waals surface area (Å²) in [5.41, 5.74) is 2.26. The number of nitrogens with one attached hydrogen (secondary N) is 1. The summed E-state index contributed by atoms with van der Waals surface area (Å²) in [6, 6.07) is 7.93. The quantitative estimate of drug-likeness (QED) is 0.846. The largest absolute Gasteiger partial charge is 0.363 e. The lowest BCUT2D eigenvalue weighted by Crippen LogP contribution is -2.51. The van der Waals surface area contributed by atoms with Gasteiger partial charge in [-0.2, -0.15) is 0 Å². The van der Waals surface area contributed by atoms with Gasteiger partial charge in [-0.1, -0.05) is 26.0 Å². The molecule has 0 bridgehead atoms. The molecule has 0 aromatic heterocycles. The van der Waals surface area contributed by atoms with Gasteiger partial charge in [0.1, 0.15) is 6.04 Å². The smallest absolute Gasteiger partial charge is 0.249 e. The highest BCUT2D eigenvalue weighted by molar-refractivity contribution is 6.01. The summed E-state index contributed by atoms with van der Waals surface area (Å²) in [6.45, 7) is 4.29. The molecule has 0 saturated carbocycles. The number of rotatable bonds is 3. The zero-order valence-electron chi connectivity index (χ0n) is 11.6. The van der Waals surface area contributed by atoms with Crippen molar-refractivity contribution in [3.63, 3.8) is 0 Å². The number of piperidine rings is 1. The van der Waals surface area contributed by atoms with E-state index in [1.54, 1.807) is 0 Å². The molecule has 1 atom stereocenters. The van der Waals surface area contributed by atoms with Crippen molar-refractivity contribution in [2.75, 3.05) is 11.9 Å². The Morgan fingerprint density at radius 1 is 1.32 bits per heavy atom. The van der Waals surface area contributed by atoms with Crippen LogP contribution < -0.4 is 10.2 Å². The number of imide groups is 1. The van der Waals surface area contributed by atoms with Crippen molar-refractivity contribution in [3.05, 3.63) is 29.8 Å². The Morgan fingerprint density at radius 3 is 2.68 bits per heavy atom. The molecular formula is C15H20N2O2. The molecule has 1 aromatic rings. The van der Waals surface area contributed by atoms with E-state index in [4.69, 9.17) is 0 Å². The molecule has 0 spiro atoms. The molecule has 1 N–H and O–H groups in total. The topological polar surface area (TPSA) is 49.4 Å². The minimum absolute atomic E-state index is 0.175. The van der Waals surface area contributed by atoms with E-state index < -0.39 is 0 Å². The number of nitrogens with zero attached hydrogens (tertiary/aromatic N) is 1. The second kappa shape index (κ2) is 5.43. The van der Waals surface area contributed by atoms with Crippen LogP contribution in [0.15, 0.2) is 24.3 Å². The lowest BCUT2D eigenvalue weighted by Gasteiger charge is -2.31. The summed E-state index contributed by atoms with van der Waals surface area (Å²) in [7, 11) is 1.90. The van der Waals surface area contributed by atoms with E-state index in [9.17, 15) is 9.59 Å². The average molecular weight is 260 g/mol. The molecule has 1 saturated heterocycles. The molecule has 1 aliphatic rings. The van der Waals surface area contributed by atoms with Gasteiger partial charge in [-0.05, 0) is 30.0 Å². The molecule has 4 nitrogen and oxygen atoms in total. The summed E-state index contributed by atoms with van der Waals surface area (Å²) in [4.78, 5) is 25.0. The third-order valence-electron chi connectivity index (χ3n) is 3.62. The fourth-order valence-electron chi connectivity index (χ4n) is 2.33. The predicted molar refractivity (Wildman–Crippen MR) is 75.1 cm³/mol. The Kier molecular flexibility index (Phi) is 3.88. The Morgan fingerprint density at radius 2 is 2.05 bits per heavy atom. The normalized spacial score (nSPS) is 19.5. The molecule has 1 unspecified atom stereocenters. The number of anilines is 1. The first kappa shape index (κ1) is 13.6. The van der Waals surface area contributed by atoms with Gasteiger partial charge in [0.05, 0.1) is 0 Å². The minimum atomic E-state index is -0.264. The van der Waals surface area contributed by atoms with E-state index in [-0.39, 0.29) is 17.9 Å². The van der Waals surface area contributed by atoms with Crippen LogP contribution in [0.3, 0.4) is 0 Å². The van der Waals surface area contributed by atoms with Gasteiger partial charge in [0.25, 0.3) is 0 Å². The van der Waals surface area contributed by atoms with E-state index in [0.29, 0.717) is 18.8 Å². The van der Waals surface area contributed by atoms with Crippen LogP contribution in [0.4, 0.5) is 5.69 Å². The zero-order chi connectivity index (χ0) is 14.0. The average Bonchev–Trinajstić information content (AvgIpc) is 2.38. The maximum atomic E-state index is 11.9. The van der Waals surface area contributed by atoms with Crippen LogP contribution in [0.2, 0.25) is 0 Å². The number of hydrogen-bond donors (Lipinski definition) is 1. The van der Waals surface area contributed by atoms with Gasteiger partial charge in [-0.15, -0.1) is 0 Å². The Bertz CT molecular complexity index is 497. The Balaban J connectivity index is 2.19. The fraction of sp³-hybridized carbons (Fsp3) is 0.467. The van der Waals surface area contributed by atoms with E-state index in [1.807, 2.05) is 24.1 Å². The maximum absolute atomic E-state index is 11.9. The molecular weight excluding hydrogens is 240 g/mol. The molecule has 19 heavy (non-hydrogen) atoms. The van der Waals surface area contributed by atoms with E-state index in [2.05, 4.69) is 31.3 Å². The molecule has 1 aromatic carbocycles. The summed E-state index contributed by atoms with van der Waals surface area (Å²) in [6.07, 6.45) is 0.984. The van der Waals surface area contributed by atoms with Crippen molar-refractivity contribution in [2.24, 2.45) is 0 Å². The van der Waals surface area contributed by atoms with Crippen LogP contribution >= 0.6 is 0 Å². The van der Waals surface area contributed by atoms with Gasteiger partial charge >= 0.3 is 0 Å². The molecule has 1 aliphatic heterocycles. The summed E-state index contributed by atoms with van der Waals surface area (Å²) < 4.78 is 0. The summed E-state index contributed by atoms with van der Waals surface area (Å²) in [5.74, 6) is 0.0781. The molecule has 0 aliphatic carbocycles. The summed E-state index contributed by atoms with van der Waals surface area (Å²) >= 11 is 0. The number of amides is 2. The van der Waals surface area contributed by atoms with Crippen LogP contribution in [0.5, 0.6) is 0 Å². The van der Waals surface area contributed by atoms with Crippen molar-refractivity contribution in [3.8, 4) is 0 Å². The molecule has 4 heteroatoms. The third kappa shape index (κ3) is 2.95.